The number of halogens is 3. The Morgan fingerprint density at radius 1 is 1.15 bits per heavy atom. The van der Waals surface area contributed by atoms with Gasteiger partial charge in [-0.1, -0.05) is 34.8 Å². The van der Waals surface area contributed by atoms with Gasteiger partial charge in [0.2, 0.25) is 0 Å². The summed E-state index contributed by atoms with van der Waals surface area (Å²) in [6, 6.07) is 9.11. The van der Waals surface area contributed by atoms with Gasteiger partial charge in [-0.15, -0.1) is 11.3 Å². The largest absolute Gasteiger partial charge is 0.340 e. The molecule has 102 valence electrons. The quantitative estimate of drug-likeness (QED) is 0.571. The third-order valence-electron chi connectivity index (χ3n) is 3.00. The molecule has 6 heteroatoms. The summed E-state index contributed by atoms with van der Waals surface area (Å²) >= 11 is 19.0. The monoisotopic (exact) mass is 343 g/mol. The van der Waals surface area contributed by atoms with Gasteiger partial charge in [0.15, 0.2) is 5.78 Å². The Morgan fingerprint density at radius 2 is 1.95 bits per heavy atom. The summed E-state index contributed by atoms with van der Waals surface area (Å²) in [4.78, 5) is 12.3. The highest BCUT2D eigenvalue weighted by molar-refractivity contribution is 7.20. The second kappa shape index (κ2) is 5.41. The first-order valence-electron chi connectivity index (χ1n) is 5.77. The van der Waals surface area contributed by atoms with Gasteiger partial charge in [-0.3, -0.25) is 4.79 Å². The van der Waals surface area contributed by atoms with Gasteiger partial charge in [0, 0.05) is 22.1 Å². The topological polar surface area (TPSA) is 22.0 Å². The number of benzene rings is 1. The lowest BCUT2D eigenvalue weighted by Crippen LogP contribution is -2.08. The first-order valence-corrected chi connectivity index (χ1v) is 7.72. The van der Waals surface area contributed by atoms with Crippen LogP contribution in [0.4, 0.5) is 0 Å². The molecular formula is C14H8Cl3NOS. The van der Waals surface area contributed by atoms with Crippen LogP contribution in [-0.2, 0) is 6.54 Å². The van der Waals surface area contributed by atoms with Crippen molar-refractivity contribution in [2.75, 3.05) is 0 Å². The fraction of sp³-hybridized carbons (Fsp3) is 0.0714. The molecule has 20 heavy (non-hydrogen) atoms. The van der Waals surface area contributed by atoms with E-state index in [9.17, 15) is 4.79 Å². The van der Waals surface area contributed by atoms with Gasteiger partial charge in [0.25, 0.3) is 0 Å². The second-order valence-electron chi connectivity index (χ2n) is 4.31. The van der Waals surface area contributed by atoms with Gasteiger partial charge in [-0.2, -0.15) is 0 Å². The van der Waals surface area contributed by atoms with E-state index in [1.807, 2.05) is 29.0 Å². The zero-order valence-corrected chi connectivity index (χ0v) is 13.2. The summed E-state index contributed by atoms with van der Waals surface area (Å²) in [5.41, 5.74) is 1.43. The number of thiophene rings is 1. The highest BCUT2D eigenvalue weighted by Gasteiger charge is 2.15. The molecule has 0 saturated carbocycles. The minimum Gasteiger partial charge on any atom is -0.340 e. The molecule has 1 aromatic carbocycles. The van der Waals surface area contributed by atoms with E-state index in [2.05, 4.69) is 0 Å². The van der Waals surface area contributed by atoms with Crippen LogP contribution in [0.15, 0.2) is 36.5 Å². The fourth-order valence-corrected chi connectivity index (χ4v) is 3.76. The summed E-state index contributed by atoms with van der Waals surface area (Å²) in [5, 5.41) is 1.67. The molecule has 0 amide bonds. The summed E-state index contributed by atoms with van der Waals surface area (Å²) in [7, 11) is 0. The number of ketones is 1. The molecule has 0 aliphatic rings. The number of Topliss-reactive ketones (excluding diaryl/α,β-unsaturated/α-hetero) is 1. The van der Waals surface area contributed by atoms with Crippen molar-refractivity contribution in [1.29, 1.82) is 0 Å². The SMILES string of the molecule is O=C(Cn1ccc2cc(Cl)ccc21)c1cc(Cl)sc1Cl. The van der Waals surface area contributed by atoms with Crippen LogP contribution in [0.2, 0.25) is 13.7 Å². The van der Waals surface area contributed by atoms with E-state index in [0.717, 1.165) is 10.9 Å². The number of fused-ring (bicyclic) bond motifs is 1. The van der Waals surface area contributed by atoms with E-state index in [0.29, 0.717) is 19.3 Å². The maximum absolute atomic E-state index is 12.3. The lowest BCUT2D eigenvalue weighted by molar-refractivity contribution is 0.0974. The molecule has 2 heterocycles. The maximum atomic E-state index is 12.3. The summed E-state index contributed by atoms with van der Waals surface area (Å²) in [6.07, 6.45) is 1.86. The van der Waals surface area contributed by atoms with Crippen LogP contribution in [0, 0.1) is 0 Å². The minimum atomic E-state index is -0.0643. The molecule has 2 aromatic heterocycles. The fourth-order valence-electron chi connectivity index (χ4n) is 2.08. The molecule has 0 bridgehead atoms. The lowest BCUT2D eigenvalue weighted by Gasteiger charge is -2.04. The number of hydrogen-bond acceptors (Lipinski definition) is 2. The Kier molecular flexibility index (Phi) is 3.78. The van der Waals surface area contributed by atoms with Crippen LogP contribution in [-0.4, -0.2) is 10.4 Å². The number of carbonyl (C=O) groups excluding carboxylic acids is 1. The number of aromatic nitrogens is 1. The van der Waals surface area contributed by atoms with Gasteiger partial charge < -0.3 is 4.57 Å². The highest BCUT2D eigenvalue weighted by Crippen LogP contribution is 2.32. The molecule has 0 aliphatic heterocycles. The van der Waals surface area contributed by atoms with Crippen LogP contribution in [0.3, 0.4) is 0 Å². The van der Waals surface area contributed by atoms with Gasteiger partial charge in [-0.25, -0.2) is 0 Å². The van der Waals surface area contributed by atoms with Crippen molar-refractivity contribution in [3.8, 4) is 0 Å². The van der Waals surface area contributed by atoms with Crippen molar-refractivity contribution in [3.63, 3.8) is 0 Å². The van der Waals surface area contributed by atoms with Gasteiger partial charge in [-0.05, 0) is 30.3 Å². The van der Waals surface area contributed by atoms with Gasteiger partial charge in [0.1, 0.15) is 4.34 Å². The first kappa shape index (κ1) is 14.0. The highest BCUT2D eigenvalue weighted by atomic mass is 35.5. The maximum Gasteiger partial charge on any atom is 0.184 e. The molecule has 0 aliphatic carbocycles. The molecule has 0 radical (unpaired) electrons. The van der Waals surface area contributed by atoms with Crippen molar-refractivity contribution in [2.45, 2.75) is 6.54 Å². The number of carbonyl (C=O) groups is 1. The molecule has 0 fully saturated rings. The number of rotatable bonds is 3. The first-order chi connectivity index (χ1) is 9.54. The van der Waals surface area contributed by atoms with Crippen molar-refractivity contribution in [3.05, 3.63) is 55.8 Å². The molecule has 0 atom stereocenters. The molecular weight excluding hydrogens is 337 g/mol. The molecule has 3 aromatic rings. The molecule has 2 nitrogen and oxygen atoms in total. The van der Waals surface area contributed by atoms with E-state index in [-0.39, 0.29) is 12.3 Å². The molecule has 0 saturated heterocycles. The van der Waals surface area contributed by atoms with E-state index in [1.165, 1.54) is 11.3 Å². The predicted molar refractivity (Wildman–Crippen MR) is 85.6 cm³/mol. The summed E-state index contributed by atoms with van der Waals surface area (Å²) in [5.74, 6) is -0.0643. The Balaban J connectivity index is 1.93. The van der Waals surface area contributed by atoms with Crippen LogP contribution in [0.25, 0.3) is 10.9 Å². The van der Waals surface area contributed by atoms with Gasteiger partial charge >= 0.3 is 0 Å². The predicted octanol–water partition coefficient (Wildman–Crippen LogP) is 5.55. The van der Waals surface area contributed by atoms with Crippen molar-refractivity contribution >= 4 is 62.8 Å². The van der Waals surface area contributed by atoms with Crippen molar-refractivity contribution in [1.82, 2.24) is 4.57 Å². The Bertz CT molecular complexity index is 806. The van der Waals surface area contributed by atoms with E-state index in [1.54, 1.807) is 12.1 Å². The van der Waals surface area contributed by atoms with E-state index in [4.69, 9.17) is 34.8 Å². The Labute approximate surface area is 134 Å². The van der Waals surface area contributed by atoms with Gasteiger partial charge in [0.05, 0.1) is 16.4 Å². The van der Waals surface area contributed by atoms with E-state index < -0.39 is 0 Å². The number of nitrogens with zero attached hydrogens (tertiary/aromatic N) is 1. The number of hydrogen-bond donors (Lipinski definition) is 0. The Morgan fingerprint density at radius 3 is 2.65 bits per heavy atom. The zero-order valence-electron chi connectivity index (χ0n) is 10.1. The molecule has 3 rings (SSSR count). The standard InChI is InChI=1S/C14H8Cl3NOS/c15-9-1-2-11-8(5-9)3-4-18(11)7-12(19)10-6-13(16)20-14(10)17/h1-6H,7H2. The van der Waals surface area contributed by atoms with Crippen molar-refractivity contribution in [2.24, 2.45) is 0 Å². The Hall–Kier alpha value is -1.000. The third-order valence-corrected chi connectivity index (χ3v) is 4.73. The average Bonchev–Trinajstić information content (AvgIpc) is 2.93. The van der Waals surface area contributed by atoms with E-state index >= 15 is 0 Å². The van der Waals surface area contributed by atoms with Crippen molar-refractivity contribution < 1.29 is 4.79 Å². The van der Waals surface area contributed by atoms with Crippen LogP contribution in [0.5, 0.6) is 0 Å². The third kappa shape index (κ3) is 2.59. The van der Waals surface area contributed by atoms with Crippen LogP contribution in [0.1, 0.15) is 10.4 Å². The molecule has 0 unspecified atom stereocenters. The zero-order chi connectivity index (χ0) is 14.3. The normalized spacial score (nSPS) is 11.2. The second-order valence-corrected chi connectivity index (χ2v) is 7.03. The van der Waals surface area contributed by atoms with Crippen LogP contribution < -0.4 is 0 Å². The average molecular weight is 345 g/mol. The molecule has 0 spiro atoms. The lowest BCUT2D eigenvalue weighted by atomic mass is 10.2. The van der Waals surface area contributed by atoms with Crippen LogP contribution >= 0.6 is 46.1 Å². The minimum absolute atomic E-state index is 0.0643. The summed E-state index contributed by atoms with van der Waals surface area (Å²) < 4.78 is 2.82. The smallest absolute Gasteiger partial charge is 0.184 e. The molecule has 0 N–H and O–H groups in total. The summed E-state index contributed by atoms with van der Waals surface area (Å²) in [6.45, 7) is 0.220.